The molecule has 0 radical (unpaired) electrons. The molecule has 0 aliphatic carbocycles. The summed E-state index contributed by atoms with van der Waals surface area (Å²) < 4.78 is 0. The summed E-state index contributed by atoms with van der Waals surface area (Å²) in [7, 11) is 0. The molecule has 0 bridgehead atoms. The van der Waals surface area contributed by atoms with Crippen molar-refractivity contribution < 1.29 is 9.59 Å². The summed E-state index contributed by atoms with van der Waals surface area (Å²) >= 11 is 0. The van der Waals surface area contributed by atoms with Crippen LogP contribution in [0.5, 0.6) is 0 Å². The van der Waals surface area contributed by atoms with Crippen LogP contribution in [0, 0.1) is 0 Å². The lowest BCUT2D eigenvalue weighted by Gasteiger charge is -2.18. The Labute approximate surface area is 165 Å². The fourth-order valence-corrected chi connectivity index (χ4v) is 3.91. The van der Waals surface area contributed by atoms with Gasteiger partial charge >= 0.3 is 0 Å². The Morgan fingerprint density at radius 1 is 0.714 bits per heavy atom. The molecule has 2 heterocycles. The van der Waals surface area contributed by atoms with Crippen LogP contribution in [0.3, 0.4) is 0 Å². The third-order valence-electron chi connectivity index (χ3n) is 5.41. The highest BCUT2D eigenvalue weighted by atomic mass is 16.2. The van der Waals surface area contributed by atoms with Crippen molar-refractivity contribution in [2.45, 2.75) is 37.8 Å². The average molecular weight is 378 g/mol. The lowest BCUT2D eigenvalue weighted by molar-refractivity contribution is -0.118. The number of anilines is 2. The van der Waals surface area contributed by atoms with Crippen molar-refractivity contribution in [3.63, 3.8) is 0 Å². The first-order valence-corrected chi connectivity index (χ1v) is 9.99. The summed E-state index contributed by atoms with van der Waals surface area (Å²) in [4.78, 5) is 25.2. The van der Waals surface area contributed by atoms with Gasteiger partial charge < -0.3 is 21.3 Å². The van der Waals surface area contributed by atoms with Crippen LogP contribution in [0.2, 0.25) is 0 Å². The fraction of sp³-hybridized carbons (Fsp3) is 0.364. The molecule has 4 N–H and O–H groups in total. The maximum atomic E-state index is 12.6. The molecule has 6 nitrogen and oxygen atoms in total. The van der Waals surface area contributed by atoms with E-state index in [1.54, 1.807) is 0 Å². The first-order valence-electron chi connectivity index (χ1n) is 9.99. The van der Waals surface area contributed by atoms with E-state index >= 15 is 0 Å². The smallest absolute Gasteiger partial charge is 0.241 e. The number of hydrogen-bond acceptors (Lipinski definition) is 4. The molecule has 2 saturated heterocycles. The molecule has 0 spiro atoms. The monoisotopic (exact) mass is 378 g/mol. The van der Waals surface area contributed by atoms with Gasteiger partial charge in [-0.2, -0.15) is 0 Å². The highest BCUT2D eigenvalue weighted by Crippen LogP contribution is 2.34. The minimum atomic E-state index is -0.142. The van der Waals surface area contributed by atoms with Crippen molar-refractivity contribution in [2.75, 3.05) is 23.7 Å². The summed E-state index contributed by atoms with van der Waals surface area (Å²) in [6, 6.07) is 15.2. The van der Waals surface area contributed by atoms with E-state index in [0.717, 1.165) is 61.3 Å². The van der Waals surface area contributed by atoms with Crippen molar-refractivity contribution in [3.8, 4) is 11.1 Å². The minimum absolute atomic E-state index is 0.0124. The second-order valence-corrected chi connectivity index (χ2v) is 7.37. The third kappa shape index (κ3) is 4.08. The summed E-state index contributed by atoms with van der Waals surface area (Å²) in [6.07, 6.45) is 3.75. The molecule has 28 heavy (non-hydrogen) atoms. The Kier molecular flexibility index (Phi) is 5.69. The fourth-order valence-electron chi connectivity index (χ4n) is 3.91. The van der Waals surface area contributed by atoms with Crippen LogP contribution in [0.25, 0.3) is 11.1 Å². The van der Waals surface area contributed by atoms with Crippen molar-refractivity contribution >= 4 is 23.2 Å². The number of hydrogen-bond donors (Lipinski definition) is 4. The summed E-state index contributed by atoms with van der Waals surface area (Å²) in [5, 5.41) is 12.6. The zero-order valence-electron chi connectivity index (χ0n) is 15.8. The Hall–Kier alpha value is -2.70. The van der Waals surface area contributed by atoms with Crippen molar-refractivity contribution in [3.05, 3.63) is 48.5 Å². The average Bonchev–Trinajstić information content (AvgIpc) is 3.43. The lowest BCUT2D eigenvalue weighted by atomic mass is 10.0. The largest absolute Gasteiger partial charge is 0.324 e. The molecule has 2 aliphatic heterocycles. The van der Waals surface area contributed by atoms with Crippen LogP contribution >= 0.6 is 0 Å². The molecule has 0 unspecified atom stereocenters. The Morgan fingerprint density at radius 2 is 1.14 bits per heavy atom. The Bertz CT molecular complexity index is 784. The second kappa shape index (κ2) is 8.54. The van der Waals surface area contributed by atoms with E-state index in [1.807, 2.05) is 48.5 Å². The van der Waals surface area contributed by atoms with Crippen molar-refractivity contribution in [1.29, 1.82) is 0 Å². The summed E-state index contributed by atoms with van der Waals surface area (Å²) in [5.74, 6) is -0.0248. The highest BCUT2D eigenvalue weighted by Gasteiger charge is 2.24. The van der Waals surface area contributed by atoms with Crippen LogP contribution in [-0.4, -0.2) is 37.0 Å². The van der Waals surface area contributed by atoms with Crippen LogP contribution in [0.1, 0.15) is 25.7 Å². The molecular formula is C22H26N4O2. The third-order valence-corrected chi connectivity index (χ3v) is 5.41. The Morgan fingerprint density at radius 3 is 1.54 bits per heavy atom. The second-order valence-electron chi connectivity index (χ2n) is 7.37. The molecule has 4 rings (SSSR count). The zero-order chi connectivity index (χ0) is 19.3. The van der Waals surface area contributed by atoms with Gasteiger partial charge in [-0.3, -0.25) is 9.59 Å². The molecule has 0 saturated carbocycles. The van der Waals surface area contributed by atoms with Crippen LogP contribution < -0.4 is 21.3 Å². The Balaban J connectivity index is 1.59. The van der Waals surface area contributed by atoms with E-state index in [0.29, 0.717) is 0 Å². The number of nitrogens with one attached hydrogen (secondary N) is 4. The van der Waals surface area contributed by atoms with Crippen LogP contribution in [-0.2, 0) is 9.59 Å². The molecule has 2 aromatic rings. The number of carbonyl (C=O) groups is 2. The molecule has 2 aliphatic rings. The first kappa shape index (κ1) is 18.7. The predicted molar refractivity (Wildman–Crippen MR) is 111 cm³/mol. The SMILES string of the molecule is O=C(Nc1ccccc1-c1ccccc1NC(=O)[C@@H]1CCCN1)[C@@H]1CCCN1. The van der Waals surface area contributed by atoms with Crippen molar-refractivity contribution in [2.24, 2.45) is 0 Å². The van der Waals surface area contributed by atoms with Gasteiger partial charge in [-0.25, -0.2) is 0 Å². The van der Waals surface area contributed by atoms with Gasteiger partial charge in [0.25, 0.3) is 0 Å². The van der Waals surface area contributed by atoms with Crippen LogP contribution in [0.15, 0.2) is 48.5 Å². The van der Waals surface area contributed by atoms with E-state index in [9.17, 15) is 9.59 Å². The molecular weight excluding hydrogens is 352 g/mol. The van der Waals surface area contributed by atoms with Gasteiger partial charge in [0.2, 0.25) is 11.8 Å². The van der Waals surface area contributed by atoms with E-state index < -0.39 is 0 Å². The number of amides is 2. The normalized spacial score (nSPS) is 21.4. The van der Waals surface area contributed by atoms with Crippen molar-refractivity contribution in [1.82, 2.24) is 10.6 Å². The van der Waals surface area contributed by atoms with Gasteiger partial charge in [0.1, 0.15) is 0 Å². The minimum Gasteiger partial charge on any atom is -0.324 e. The number of carbonyl (C=O) groups excluding carboxylic acids is 2. The number of benzene rings is 2. The number of rotatable bonds is 5. The molecule has 2 aromatic carbocycles. The molecule has 146 valence electrons. The standard InChI is InChI=1S/C22H26N4O2/c27-21(19-11-5-13-23-19)25-17-9-3-1-7-15(17)16-8-2-4-10-18(16)26-22(28)20-12-6-14-24-20/h1-4,7-10,19-20,23-24H,5-6,11-14H2,(H,25,27)(H,26,28)/t19-,20-/m0/s1. The number of para-hydroxylation sites is 2. The maximum Gasteiger partial charge on any atom is 0.241 e. The first-order chi connectivity index (χ1) is 13.7. The highest BCUT2D eigenvalue weighted by molar-refractivity contribution is 6.03. The van der Waals surface area contributed by atoms with Gasteiger partial charge in [0.15, 0.2) is 0 Å². The zero-order valence-corrected chi connectivity index (χ0v) is 15.8. The molecule has 2 atom stereocenters. The van der Waals surface area contributed by atoms with E-state index in [4.69, 9.17) is 0 Å². The molecule has 0 aromatic heterocycles. The van der Waals surface area contributed by atoms with Gasteiger partial charge in [-0.05, 0) is 50.9 Å². The van der Waals surface area contributed by atoms with Gasteiger partial charge in [0, 0.05) is 22.5 Å². The lowest BCUT2D eigenvalue weighted by Crippen LogP contribution is -2.36. The van der Waals surface area contributed by atoms with Gasteiger partial charge in [-0.1, -0.05) is 36.4 Å². The summed E-state index contributed by atoms with van der Waals surface area (Å²) in [5.41, 5.74) is 3.29. The van der Waals surface area contributed by atoms with Gasteiger partial charge in [-0.15, -0.1) is 0 Å². The maximum absolute atomic E-state index is 12.6. The predicted octanol–water partition coefficient (Wildman–Crippen LogP) is 2.73. The summed E-state index contributed by atoms with van der Waals surface area (Å²) in [6.45, 7) is 1.76. The van der Waals surface area contributed by atoms with E-state index in [2.05, 4.69) is 21.3 Å². The van der Waals surface area contributed by atoms with E-state index in [1.165, 1.54) is 0 Å². The molecule has 2 fully saturated rings. The van der Waals surface area contributed by atoms with Crippen LogP contribution in [0.4, 0.5) is 11.4 Å². The topological polar surface area (TPSA) is 82.3 Å². The van der Waals surface area contributed by atoms with E-state index in [-0.39, 0.29) is 23.9 Å². The molecule has 2 amide bonds. The quantitative estimate of drug-likeness (QED) is 0.645. The van der Waals surface area contributed by atoms with Gasteiger partial charge in [0.05, 0.1) is 12.1 Å². The molecule has 6 heteroatoms.